The summed E-state index contributed by atoms with van der Waals surface area (Å²) in [6, 6.07) is 7.87. The van der Waals surface area contributed by atoms with Crippen molar-refractivity contribution in [3.8, 4) is 0 Å². The molecule has 2 aromatic rings. The minimum absolute atomic E-state index is 0.0870. The van der Waals surface area contributed by atoms with Crippen LogP contribution in [0.3, 0.4) is 0 Å². The van der Waals surface area contributed by atoms with E-state index in [2.05, 4.69) is 20.5 Å². The Labute approximate surface area is 142 Å². The third-order valence-electron chi connectivity index (χ3n) is 4.08. The lowest BCUT2D eigenvalue weighted by Gasteiger charge is -2.26. The zero-order valence-corrected chi connectivity index (χ0v) is 14.6. The molecular weight excluding hydrogens is 326 g/mol. The molecule has 0 radical (unpaired) electrons. The van der Waals surface area contributed by atoms with Crippen molar-refractivity contribution in [2.75, 3.05) is 28.3 Å². The van der Waals surface area contributed by atoms with Crippen molar-refractivity contribution >= 4 is 27.3 Å². The van der Waals surface area contributed by atoms with Crippen LogP contribution in [0.2, 0.25) is 0 Å². The van der Waals surface area contributed by atoms with Crippen molar-refractivity contribution in [3.63, 3.8) is 0 Å². The van der Waals surface area contributed by atoms with Crippen LogP contribution < -0.4 is 10.2 Å². The lowest BCUT2D eigenvalue weighted by atomic mass is 10.2. The molecule has 1 N–H and O–H groups in total. The first-order valence-electron chi connectivity index (χ1n) is 7.97. The van der Waals surface area contributed by atoms with Crippen LogP contribution in [0.5, 0.6) is 0 Å². The van der Waals surface area contributed by atoms with Crippen LogP contribution in [-0.4, -0.2) is 47.7 Å². The van der Waals surface area contributed by atoms with Gasteiger partial charge in [0.2, 0.25) is 5.95 Å². The van der Waals surface area contributed by atoms with Gasteiger partial charge >= 0.3 is 0 Å². The molecule has 1 aromatic carbocycles. The zero-order chi connectivity index (χ0) is 17.2. The second-order valence-electron chi connectivity index (χ2n) is 5.98. The van der Waals surface area contributed by atoms with Gasteiger partial charge in [-0.1, -0.05) is 12.1 Å². The van der Waals surface area contributed by atoms with Crippen LogP contribution in [0.15, 0.2) is 30.5 Å². The van der Waals surface area contributed by atoms with Crippen molar-refractivity contribution in [2.24, 2.45) is 0 Å². The minimum Gasteiger partial charge on any atom is -0.339 e. The summed E-state index contributed by atoms with van der Waals surface area (Å²) >= 11 is 0. The van der Waals surface area contributed by atoms with Gasteiger partial charge in [-0.3, -0.25) is 0 Å². The predicted molar refractivity (Wildman–Crippen MR) is 94.4 cm³/mol. The third-order valence-corrected chi connectivity index (χ3v) is 5.84. The summed E-state index contributed by atoms with van der Waals surface area (Å²) in [6.45, 7) is 4.62. The summed E-state index contributed by atoms with van der Waals surface area (Å²) in [6.07, 6.45) is 2.17. The van der Waals surface area contributed by atoms with Gasteiger partial charge < -0.3 is 10.2 Å². The Morgan fingerprint density at radius 2 is 2.21 bits per heavy atom. The molecule has 8 heteroatoms. The molecule has 0 spiro atoms. The molecule has 0 saturated carbocycles. The Morgan fingerprint density at radius 3 is 2.88 bits per heavy atom. The fourth-order valence-electron chi connectivity index (χ4n) is 2.93. The van der Waals surface area contributed by atoms with E-state index in [0.29, 0.717) is 24.7 Å². The van der Waals surface area contributed by atoms with Gasteiger partial charge in [0.1, 0.15) is 0 Å². The van der Waals surface area contributed by atoms with E-state index in [-0.39, 0.29) is 17.5 Å². The molecule has 0 amide bonds. The number of hydrogen-bond donors (Lipinski definition) is 1. The number of nitrogens with zero attached hydrogens (tertiary/aromatic N) is 4. The van der Waals surface area contributed by atoms with E-state index in [1.165, 1.54) is 0 Å². The first-order chi connectivity index (χ1) is 11.5. The standard InChI is InChI=1S/C16H21N5O2S/c1-3-21(14-7-8-24(22,23)11-14)16-19-15(10-17-20-16)18-13-6-4-5-12(2)9-13/h4-6,9-10,14H,3,7-8,11H2,1-2H3,(H,18,19,20). The van der Waals surface area contributed by atoms with Gasteiger partial charge in [-0.2, -0.15) is 10.1 Å². The SMILES string of the molecule is CCN(c1nncc(Nc2cccc(C)c2)n1)C1CCS(=O)(=O)C1. The fourth-order valence-corrected chi connectivity index (χ4v) is 4.66. The molecule has 128 valence electrons. The monoisotopic (exact) mass is 347 g/mol. The highest BCUT2D eigenvalue weighted by Gasteiger charge is 2.33. The molecule has 3 rings (SSSR count). The van der Waals surface area contributed by atoms with E-state index in [1.807, 2.05) is 43.0 Å². The summed E-state index contributed by atoms with van der Waals surface area (Å²) < 4.78 is 23.5. The van der Waals surface area contributed by atoms with Crippen molar-refractivity contribution in [3.05, 3.63) is 36.0 Å². The van der Waals surface area contributed by atoms with Gasteiger partial charge in [-0.25, -0.2) is 8.42 Å². The van der Waals surface area contributed by atoms with Crippen molar-refractivity contribution in [2.45, 2.75) is 26.3 Å². The first kappa shape index (κ1) is 16.6. The molecule has 1 unspecified atom stereocenters. The van der Waals surface area contributed by atoms with Crippen LogP contribution in [0.1, 0.15) is 18.9 Å². The molecule has 1 aromatic heterocycles. The van der Waals surface area contributed by atoms with E-state index in [0.717, 1.165) is 11.3 Å². The second-order valence-corrected chi connectivity index (χ2v) is 8.21. The van der Waals surface area contributed by atoms with Gasteiger partial charge in [-0.05, 0) is 38.0 Å². The number of hydrogen-bond acceptors (Lipinski definition) is 7. The summed E-state index contributed by atoms with van der Waals surface area (Å²) in [5.41, 5.74) is 2.07. The average Bonchev–Trinajstić information content (AvgIpc) is 2.88. The molecule has 1 aliphatic heterocycles. The Hall–Kier alpha value is -2.22. The number of aryl methyl sites for hydroxylation is 1. The smallest absolute Gasteiger partial charge is 0.247 e. The molecule has 1 fully saturated rings. The van der Waals surface area contributed by atoms with Crippen LogP contribution in [-0.2, 0) is 9.84 Å². The van der Waals surface area contributed by atoms with E-state index in [4.69, 9.17) is 0 Å². The van der Waals surface area contributed by atoms with Crippen LogP contribution in [0.25, 0.3) is 0 Å². The van der Waals surface area contributed by atoms with E-state index >= 15 is 0 Å². The summed E-state index contributed by atoms with van der Waals surface area (Å²) in [4.78, 5) is 6.42. The summed E-state index contributed by atoms with van der Waals surface area (Å²) in [5.74, 6) is 1.42. The quantitative estimate of drug-likeness (QED) is 0.884. The Bertz CT molecular complexity index is 825. The molecule has 1 saturated heterocycles. The van der Waals surface area contributed by atoms with E-state index < -0.39 is 9.84 Å². The molecule has 24 heavy (non-hydrogen) atoms. The van der Waals surface area contributed by atoms with Gasteiger partial charge in [0.05, 0.1) is 17.7 Å². The number of anilines is 3. The minimum atomic E-state index is -2.96. The molecule has 1 atom stereocenters. The Morgan fingerprint density at radius 1 is 1.38 bits per heavy atom. The predicted octanol–water partition coefficient (Wildman–Crippen LogP) is 1.94. The van der Waals surface area contributed by atoms with Crippen molar-refractivity contribution in [1.82, 2.24) is 15.2 Å². The lowest BCUT2D eigenvalue weighted by molar-refractivity contribution is 0.598. The van der Waals surface area contributed by atoms with Gasteiger partial charge in [-0.15, -0.1) is 5.10 Å². The maximum absolute atomic E-state index is 11.7. The topological polar surface area (TPSA) is 88.1 Å². The maximum atomic E-state index is 11.7. The maximum Gasteiger partial charge on any atom is 0.247 e. The van der Waals surface area contributed by atoms with Crippen molar-refractivity contribution in [1.29, 1.82) is 0 Å². The largest absolute Gasteiger partial charge is 0.339 e. The third kappa shape index (κ3) is 3.81. The zero-order valence-electron chi connectivity index (χ0n) is 13.8. The molecule has 0 aliphatic carbocycles. The average molecular weight is 347 g/mol. The Kier molecular flexibility index (Phi) is 4.66. The number of sulfone groups is 1. The van der Waals surface area contributed by atoms with E-state index in [1.54, 1.807) is 6.20 Å². The number of nitrogens with one attached hydrogen (secondary N) is 1. The molecule has 0 bridgehead atoms. The first-order valence-corrected chi connectivity index (χ1v) is 9.79. The fraction of sp³-hybridized carbons (Fsp3) is 0.438. The van der Waals surface area contributed by atoms with Crippen LogP contribution in [0.4, 0.5) is 17.5 Å². The van der Waals surface area contributed by atoms with Gasteiger partial charge in [0.25, 0.3) is 0 Å². The second kappa shape index (κ2) is 6.72. The molecule has 1 aliphatic rings. The summed E-state index contributed by atoms with van der Waals surface area (Å²) in [5, 5.41) is 11.3. The van der Waals surface area contributed by atoms with Crippen LogP contribution in [0, 0.1) is 6.92 Å². The molecule has 7 nitrogen and oxygen atoms in total. The normalized spacial score (nSPS) is 19.2. The lowest BCUT2D eigenvalue weighted by Crippen LogP contribution is -2.37. The van der Waals surface area contributed by atoms with Crippen LogP contribution >= 0.6 is 0 Å². The molecular formula is C16H21N5O2S. The van der Waals surface area contributed by atoms with Gasteiger partial charge in [0, 0.05) is 18.3 Å². The van der Waals surface area contributed by atoms with Crippen molar-refractivity contribution < 1.29 is 8.42 Å². The Balaban J connectivity index is 1.81. The highest BCUT2D eigenvalue weighted by atomic mass is 32.2. The highest BCUT2D eigenvalue weighted by Crippen LogP contribution is 2.22. The molecule has 2 heterocycles. The highest BCUT2D eigenvalue weighted by molar-refractivity contribution is 7.91. The van der Waals surface area contributed by atoms with E-state index in [9.17, 15) is 8.42 Å². The van der Waals surface area contributed by atoms with Gasteiger partial charge in [0.15, 0.2) is 15.7 Å². The number of aromatic nitrogens is 3. The number of rotatable bonds is 5. The number of benzene rings is 1. The summed E-state index contributed by atoms with van der Waals surface area (Å²) in [7, 11) is -2.96.